The fourth-order valence-electron chi connectivity index (χ4n) is 5.41. The number of fused-ring (bicyclic) bond motifs is 2. The summed E-state index contributed by atoms with van der Waals surface area (Å²) >= 11 is 0. The monoisotopic (exact) mass is 536 g/mol. The van der Waals surface area contributed by atoms with E-state index in [0.717, 1.165) is 29.9 Å². The van der Waals surface area contributed by atoms with Crippen LogP contribution in [0, 0.1) is 0 Å². The van der Waals surface area contributed by atoms with Crippen LogP contribution in [0.5, 0.6) is 0 Å². The van der Waals surface area contributed by atoms with E-state index < -0.39 is 0 Å². The number of rotatable bonds is 4. The van der Waals surface area contributed by atoms with Gasteiger partial charge in [0.15, 0.2) is 5.58 Å². The highest BCUT2D eigenvalue weighted by atomic mass is 16.5. The van der Waals surface area contributed by atoms with Crippen molar-refractivity contribution in [3.05, 3.63) is 82.6 Å². The maximum absolute atomic E-state index is 13.8. The first-order valence-corrected chi connectivity index (χ1v) is 13.5. The Hall–Kier alpha value is -4.70. The molecule has 1 amide bonds. The van der Waals surface area contributed by atoms with E-state index in [1.807, 2.05) is 64.4 Å². The first-order chi connectivity index (χ1) is 19.6. The average Bonchev–Trinajstić information content (AvgIpc) is 3.46. The zero-order valence-corrected chi connectivity index (χ0v) is 21.9. The zero-order valence-electron chi connectivity index (χ0n) is 21.9. The molecule has 10 nitrogen and oxygen atoms in total. The summed E-state index contributed by atoms with van der Waals surface area (Å²) < 4.78 is 11.8. The third-order valence-electron chi connectivity index (χ3n) is 7.56. The Bertz CT molecular complexity index is 1750. The molecule has 5 aromatic rings. The molecule has 0 unspecified atom stereocenters. The molecule has 10 heteroatoms. The lowest BCUT2D eigenvalue weighted by molar-refractivity contribution is 0.0746. The van der Waals surface area contributed by atoms with Gasteiger partial charge in [-0.15, -0.1) is 0 Å². The van der Waals surface area contributed by atoms with E-state index in [0.29, 0.717) is 73.3 Å². The molecule has 3 aromatic carbocycles. The third kappa shape index (κ3) is 4.46. The van der Waals surface area contributed by atoms with Crippen LogP contribution in [0.3, 0.4) is 0 Å². The van der Waals surface area contributed by atoms with Gasteiger partial charge in [-0.25, -0.2) is 9.97 Å². The number of ether oxygens (including phenoxy) is 1. The van der Waals surface area contributed by atoms with E-state index in [4.69, 9.17) is 14.1 Å². The minimum atomic E-state index is -0.162. The number of morpholine rings is 1. The zero-order chi connectivity index (χ0) is 27.1. The Morgan fingerprint density at radius 2 is 1.57 bits per heavy atom. The number of benzene rings is 3. The fourth-order valence-corrected chi connectivity index (χ4v) is 5.41. The van der Waals surface area contributed by atoms with Crippen LogP contribution in [0.1, 0.15) is 10.4 Å². The maximum atomic E-state index is 13.8. The largest absolute Gasteiger partial charge is 0.436 e. The highest BCUT2D eigenvalue weighted by Crippen LogP contribution is 2.33. The molecular formula is C30H28N6O4. The summed E-state index contributed by atoms with van der Waals surface area (Å²) in [6, 6.07) is 20.8. The van der Waals surface area contributed by atoms with Crippen molar-refractivity contribution in [1.82, 2.24) is 19.9 Å². The number of aromatic nitrogens is 3. The third-order valence-corrected chi connectivity index (χ3v) is 7.56. The SMILES string of the molecule is O=C(c1cc(N2CCOCC2)c2nc(-c3ccccc3)oc2c1)N1CCN(c2nc3ccccc3c(=O)[nH]2)CC1. The van der Waals surface area contributed by atoms with Gasteiger partial charge < -0.3 is 23.9 Å². The van der Waals surface area contributed by atoms with Crippen molar-refractivity contribution < 1.29 is 13.9 Å². The number of para-hydroxylation sites is 1. The highest BCUT2D eigenvalue weighted by molar-refractivity contribution is 6.01. The molecule has 0 aliphatic carbocycles. The molecule has 0 atom stereocenters. The van der Waals surface area contributed by atoms with Gasteiger partial charge in [0.2, 0.25) is 11.8 Å². The summed E-state index contributed by atoms with van der Waals surface area (Å²) in [5.41, 5.74) is 4.16. The van der Waals surface area contributed by atoms with Gasteiger partial charge in [0, 0.05) is 50.4 Å². The van der Waals surface area contributed by atoms with Gasteiger partial charge in [0.1, 0.15) is 5.52 Å². The number of hydrogen-bond donors (Lipinski definition) is 1. The first-order valence-electron chi connectivity index (χ1n) is 13.5. The lowest BCUT2D eigenvalue weighted by Gasteiger charge is -2.35. The predicted molar refractivity (Wildman–Crippen MR) is 153 cm³/mol. The maximum Gasteiger partial charge on any atom is 0.260 e. The Labute approximate surface area is 229 Å². The molecule has 0 radical (unpaired) electrons. The lowest BCUT2D eigenvalue weighted by Crippen LogP contribution is -2.49. The second-order valence-electron chi connectivity index (χ2n) is 10.0. The molecule has 7 rings (SSSR count). The number of carbonyl (C=O) groups is 1. The number of hydrogen-bond acceptors (Lipinski definition) is 8. The van der Waals surface area contributed by atoms with Gasteiger partial charge in [-0.05, 0) is 36.4 Å². The summed E-state index contributed by atoms with van der Waals surface area (Å²) in [5.74, 6) is 0.996. The van der Waals surface area contributed by atoms with Gasteiger partial charge >= 0.3 is 0 Å². The molecule has 2 aromatic heterocycles. The van der Waals surface area contributed by atoms with E-state index in [1.165, 1.54) is 0 Å². The number of nitrogens with zero attached hydrogens (tertiary/aromatic N) is 5. The van der Waals surface area contributed by atoms with Crippen LogP contribution in [0.15, 0.2) is 75.9 Å². The number of aromatic amines is 1. The number of anilines is 2. The number of carbonyl (C=O) groups excluding carboxylic acids is 1. The summed E-state index contributed by atoms with van der Waals surface area (Å²) in [4.78, 5) is 44.7. The number of oxazole rings is 1. The van der Waals surface area contributed by atoms with E-state index in [9.17, 15) is 9.59 Å². The molecule has 0 saturated carbocycles. The molecule has 0 bridgehead atoms. The molecule has 4 heterocycles. The van der Waals surface area contributed by atoms with Gasteiger partial charge in [0.05, 0.1) is 29.8 Å². The quantitative estimate of drug-likeness (QED) is 0.372. The molecule has 2 aliphatic rings. The smallest absolute Gasteiger partial charge is 0.260 e. The minimum Gasteiger partial charge on any atom is -0.436 e. The summed E-state index contributed by atoms with van der Waals surface area (Å²) in [5, 5.41) is 0.564. The Kier molecular flexibility index (Phi) is 6.16. The number of amides is 1. The molecule has 2 aliphatic heterocycles. The molecule has 2 fully saturated rings. The van der Waals surface area contributed by atoms with Crippen LogP contribution in [-0.2, 0) is 4.74 Å². The molecular weight excluding hydrogens is 508 g/mol. The summed E-state index contributed by atoms with van der Waals surface area (Å²) in [7, 11) is 0. The van der Waals surface area contributed by atoms with Gasteiger partial charge in [-0.2, -0.15) is 0 Å². The van der Waals surface area contributed by atoms with Gasteiger partial charge in [-0.1, -0.05) is 30.3 Å². The van der Waals surface area contributed by atoms with Crippen LogP contribution < -0.4 is 15.4 Å². The van der Waals surface area contributed by atoms with E-state index in [-0.39, 0.29) is 11.5 Å². The number of H-pyrrole nitrogens is 1. The Morgan fingerprint density at radius 1 is 0.825 bits per heavy atom. The van der Waals surface area contributed by atoms with Crippen molar-refractivity contribution in [2.24, 2.45) is 0 Å². The highest BCUT2D eigenvalue weighted by Gasteiger charge is 2.27. The average molecular weight is 537 g/mol. The fraction of sp³-hybridized carbons (Fsp3) is 0.267. The van der Waals surface area contributed by atoms with Crippen LogP contribution in [0.2, 0.25) is 0 Å². The normalized spacial score (nSPS) is 16.1. The molecule has 0 spiro atoms. The van der Waals surface area contributed by atoms with Crippen molar-refractivity contribution in [2.45, 2.75) is 0 Å². The van der Waals surface area contributed by atoms with Crippen molar-refractivity contribution in [3.63, 3.8) is 0 Å². The predicted octanol–water partition coefficient (Wildman–Crippen LogP) is 3.53. The van der Waals surface area contributed by atoms with E-state index in [2.05, 4.69) is 14.9 Å². The van der Waals surface area contributed by atoms with Crippen molar-refractivity contribution in [1.29, 1.82) is 0 Å². The molecule has 2 saturated heterocycles. The topological polar surface area (TPSA) is 108 Å². The standard InChI is InChI=1S/C30H28N6O4/c37-27-22-8-4-5-9-23(22)31-30(33-27)36-12-10-35(11-13-36)29(38)21-18-24(34-14-16-39-17-15-34)26-25(19-21)40-28(32-26)20-6-2-1-3-7-20/h1-9,18-19H,10-17H2,(H,31,33,37). The summed E-state index contributed by atoms with van der Waals surface area (Å²) in [6.45, 7) is 4.81. The van der Waals surface area contributed by atoms with E-state index in [1.54, 1.807) is 12.1 Å². The number of nitrogens with one attached hydrogen (secondary N) is 1. The van der Waals surface area contributed by atoms with Crippen molar-refractivity contribution in [3.8, 4) is 11.5 Å². The minimum absolute atomic E-state index is 0.0614. The van der Waals surface area contributed by atoms with Gasteiger partial charge in [0.25, 0.3) is 11.5 Å². The van der Waals surface area contributed by atoms with E-state index >= 15 is 0 Å². The Balaban J connectivity index is 1.16. The Morgan fingerprint density at radius 3 is 2.38 bits per heavy atom. The number of piperazine rings is 1. The summed E-state index contributed by atoms with van der Waals surface area (Å²) in [6.07, 6.45) is 0. The second kappa shape index (κ2) is 10.1. The lowest BCUT2D eigenvalue weighted by atomic mass is 10.1. The first kappa shape index (κ1) is 24.3. The van der Waals surface area contributed by atoms with Crippen LogP contribution >= 0.6 is 0 Å². The van der Waals surface area contributed by atoms with Gasteiger partial charge in [-0.3, -0.25) is 14.6 Å². The second-order valence-corrected chi connectivity index (χ2v) is 10.0. The molecule has 40 heavy (non-hydrogen) atoms. The van der Waals surface area contributed by atoms with Crippen molar-refractivity contribution in [2.75, 3.05) is 62.3 Å². The van der Waals surface area contributed by atoms with Crippen LogP contribution in [0.4, 0.5) is 11.6 Å². The molecule has 202 valence electrons. The van der Waals surface area contributed by atoms with Crippen LogP contribution in [-0.4, -0.2) is 78.2 Å². The van der Waals surface area contributed by atoms with Crippen molar-refractivity contribution >= 4 is 39.5 Å². The molecule has 1 N–H and O–H groups in total. The van der Waals surface area contributed by atoms with Crippen LogP contribution in [0.25, 0.3) is 33.5 Å².